The summed E-state index contributed by atoms with van der Waals surface area (Å²) < 4.78 is 5.34. The van der Waals surface area contributed by atoms with E-state index in [1.54, 1.807) is 7.05 Å². The van der Waals surface area contributed by atoms with Gasteiger partial charge in [-0.2, -0.15) is 0 Å². The lowest BCUT2D eigenvalue weighted by atomic mass is 9.96. The summed E-state index contributed by atoms with van der Waals surface area (Å²) in [6.45, 7) is 8.38. The van der Waals surface area contributed by atoms with Crippen LogP contribution in [-0.4, -0.2) is 36.4 Å². The molecular weight excluding hydrogens is 206 g/mol. The summed E-state index contributed by atoms with van der Waals surface area (Å²) in [7, 11) is 1.73. The van der Waals surface area contributed by atoms with Gasteiger partial charge in [0.15, 0.2) is 0 Å². The smallest absolute Gasteiger partial charge is 0.308 e. The number of ether oxygens (including phenoxy) is 1. The highest BCUT2D eigenvalue weighted by Crippen LogP contribution is 2.20. The van der Waals surface area contributed by atoms with Gasteiger partial charge >= 0.3 is 5.97 Å². The van der Waals surface area contributed by atoms with Gasteiger partial charge in [-0.1, -0.05) is 13.8 Å². The number of likely N-dealkylation sites (N-methyl/N-ethyl adjacent to an activating group) is 1. The Labute approximate surface area is 98.4 Å². The number of nitrogens with one attached hydrogen (secondary N) is 1. The number of carbonyl (C=O) groups is 1. The number of aliphatic hydroxyl groups excluding tert-OH is 1. The molecule has 0 aromatic heterocycles. The molecule has 0 aromatic rings. The predicted octanol–water partition coefficient (Wildman–Crippen LogP) is 1.32. The predicted molar refractivity (Wildman–Crippen MR) is 64.2 cm³/mol. The summed E-state index contributed by atoms with van der Waals surface area (Å²) in [5, 5.41) is 12.2. The first-order chi connectivity index (χ1) is 7.26. The van der Waals surface area contributed by atoms with E-state index in [-0.39, 0.29) is 12.4 Å². The van der Waals surface area contributed by atoms with Crippen molar-refractivity contribution in [2.45, 2.75) is 52.2 Å². The van der Waals surface area contributed by atoms with Crippen molar-refractivity contribution in [3.05, 3.63) is 0 Å². The number of aliphatic hydroxyl groups is 1. The van der Waals surface area contributed by atoms with Gasteiger partial charge in [-0.15, -0.1) is 0 Å². The summed E-state index contributed by atoms with van der Waals surface area (Å²) in [6, 6.07) is 0. The summed E-state index contributed by atoms with van der Waals surface area (Å²) in [5.41, 5.74) is -0.454. The number of rotatable bonds is 7. The van der Waals surface area contributed by atoms with E-state index in [1.807, 2.05) is 13.8 Å². The molecule has 96 valence electrons. The average molecular weight is 231 g/mol. The quantitative estimate of drug-likeness (QED) is 0.649. The van der Waals surface area contributed by atoms with Gasteiger partial charge in [-0.25, -0.2) is 0 Å². The van der Waals surface area contributed by atoms with Crippen LogP contribution < -0.4 is 5.32 Å². The lowest BCUT2D eigenvalue weighted by Gasteiger charge is -2.27. The number of hydrogen-bond donors (Lipinski definition) is 2. The van der Waals surface area contributed by atoms with Crippen LogP contribution in [0.1, 0.15) is 40.5 Å². The molecule has 0 saturated heterocycles. The van der Waals surface area contributed by atoms with Crippen LogP contribution in [0.25, 0.3) is 0 Å². The van der Waals surface area contributed by atoms with Crippen molar-refractivity contribution in [3.63, 3.8) is 0 Å². The van der Waals surface area contributed by atoms with Crippen molar-refractivity contribution in [2.24, 2.45) is 5.92 Å². The van der Waals surface area contributed by atoms with Gasteiger partial charge in [0.05, 0.1) is 12.5 Å². The van der Waals surface area contributed by atoms with Gasteiger partial charge in [-0.05, 0) is 33.2 Å². The highest BCUT2D eigenvalue weighted by Gasteiger charge is 2.25. The lowest BCUT2D eigenvalue weighted by molar-refractivity contribution is -0.159. The van der Waals surface area contributed by atoms with E-state index in [0.717, 1.165) is 6.42 Å². The van der Waals surface area contributed by atoms with Crippen LogP contribution in [0.15, 0.2) is 0 Å². The average Bonchev–Trinajstić information content (AvgIpc) is 1.98. The van der Waals surface area contributed by atoms with Crippen LogP contribution in [0.4, 0.5) is 0 Å². The van der Waals surface area contributed by atoms with Crippen LogP contribution in [0.5, 0.6) is 0 Å². The van der Waals surface area contributed by atoms with E-state index in [9.17, 15) is 9.90 Å². The Hall–Kier alpha value is -0.610. The maximum atomic E-state index is 11.5. The Bertz CT molecular complexity index is 214. The normalized spacial score (nSPS) is 13.9. The second-order valence-corrected chi connectivity index (χ2v) is 5.25. The van der Waals surface area contributed by atoms with Crippen LogP contribution in [0.3, 0.4) is 0 Å². The fraction of sp³-hybridized carbons (Fsp3) is 0.917. The van der Waals surface area contributed by atoms with Gasteiger partial charge in [0.2, 0.25) is 0 Å². The van der Waals surface area contributed by atoms with Crippen molar-refractivity contribution >= 4 is 5.97 Å². The first-order valence-electron chi connectivity index (χ1n) is 5.81. The van der Waals surface area contributed by atoms with Crippen molar-refractivity contribution in [2.75, 3.05) is 13.6 Å². The molecule has 0 aliphatic heterocycles. The maximum Gasteiger partial charge on any atom is 0.308 e. The molecule has 1 atom stereocenters. The molecule has 2 N–H and O–H groups in total. The van der Waals surface area contributed by atoms with Gasteiger partial charge in [0.25, 0.3) is 0 Å². The van der Waals surface area contributed by atoms with E-state index in [1.165, 1.54) is 0 Å². The zero-order valence-electron chi connectivity index (χ0n) is 11.0. The van der Waals surface area contributed by atoms with E-state index in [0.29, 0.717) is 12.5 Å². The van der Waals surface area contributed by atoms with Crippen molar-refractivity contribution in [3.8, 4) is 0 Å². The molecule has 0 aromatic carbocycles. The van der Waals surface area contributed by atoms with E-state index < -0.39 is 11.7 Å². The second kappa shape index (κ2) is 6.86. The zero-order chi connectivity index (χ0) is 12.8. The molecule has 16 heavy (non-hydrogen) atoms. The second-order valence-electron chi connectivity index (χ2n) is 5.25. The van der Waals surface area contributed by atoms with Crippen molar-refractivity contribution in [1.82, 2.24) is 5.32 Å². The minimum Gasteiger partial charge on any atom is -0.460 e. The minimum atomic E-state index is -0.674. The molecule has 0 aliphatic rings. The molecule has 0 bridgehead atoms. The molecule has 4 heteroatoms. The molecule has 0 spiro atoms. The number of esters is 1. The highest BCUT2D eigenvalue weighted by molar-refractivity contribution is 5.70. The molecule has 4 nitrogen and oxygen atoms in total. The third-order valence-electron chi connectivity index (χ3n) is 2.13. The molecule has 0 heterocycles. The first kappa shape index (κ1) is 15.4. The Balaban J connectivity index is 4.03. The SMILES string of the molecule is CNCC(O)CC(=O)OC(C)(C)CC(C)C. The van der Waals surface area contributed by atoms with Crippen molar-refractivity contribution in [1.29, 1.82) is 0 Å². The summed E-state index contributed by atoms with van der Waals surface area (Å²) in [4.78, 5) is 11.5. The van der Waals surface area contributed by atoms with Gasteiger partial charge < -0.3 is 15.2 Å². The Kier molecular flexibility index (Phi) is 6.60. The van der Waals surface area contributed by atoms with Crippen LogP contribution in [0.2, 0.25) is 0 Å². The maximum absolute atomic E-state index is 11.5. The number of carbonyl (C=O) groups excluding carboxylic acids is 1. The molecule has 0 radical (unpaired) electrons. The summed E-state index contributed by atoms with van der Waals surface area (Å²) in [5.74, 6) is 0.137. The standard InChI is InChI=1S/C12H25NO3/c1-9(2)7-12(3,4)16-11(15)6-10(14)8-13-5/h9-10,13-14H,6-8H2,1-5H3. The largest absolute Gasteiger partial charge is 0.460 e. The monoisotopic (exact) mass is 231 g/mol. The Morgan fingerprint density at radius 3 is 2.44 bits per heavy atom. The molecule has 0 rings (SSSR count). The van der Waals surface area contributed by atoms with E-state index in [4.69, 9.17) is 4.74 Å². The minimum absolute atomic E-state index is 0.0440. The Morgan fingerprint density at radius 2 is 2.00 bits per heavy atom. The van der Waals surface area contributed by atoms with Crippen LogP contribution in [0, 0.1) is 5.92 Å². The highest BCUT2D eigenvalue weighted by atomic mass is 16.6. The molecule has 0 saturated carbocycles. The fourth-order valence-electron chi connectivity index (χ4n) is 1.87. The molecule has 0 amide bonds. The van der Waals surface area contributed by atoms with Crippen LogP contribution >= 0.6 is 0 Å². The third-order valence-corrected chi connectivity index (χ3v) is 2.13. The molecule has 0 fully saturated rings. The van der Waals surface area contributed by atoms with Gasteiger partial charge in [0.1, 0.15) is 5.60 Å². The lowest BCUT2D eigenvalue weighted by Crippen LogP contribution is -2.33. The fourth-order valence-corrected chi connectivity index (χ4v) is 1.87. The molecule has 1 unspecified atom stereocenters. The van der Waals surface area contributed by atoms with Gasteiger partial charge in [-0.3, -0.25) is 4.79 Å². The van der Waals surface area contributed by atoms with Crippen molar-refractivity contribution < 1.29 is 14.6 Å². The van der Waals surface area contributed by atoms with E-state index >= 15 is 0 Å². The summed E-state index contributed by atoms with van der Waals surface area (Å²) >= 11 is 0. The number of hydrogen-bond acceptors (Lipinski definition) is 4. The zero-order valence-corrected chi connectivity index (χ0v) is 11.0. The van der Waals surface area contributed by atoms with E-state index in [2.05, 4.69) is 19.2 Å². The molecular formula is C12H25NO3. The topological polar surface area (TPSA) is 58.6 Å². The Morgan fingerprint density at radius 1 is 1.44 bits per heavy atom. The summed E-state index contributed by atoms with van der Waals surface area (Å²) in [6.07, 6.45) is 0.191. The third kappa shape index (κ3) is 7.65. The first-order valence-corrected chi connectivity index (χ1v) is 5.81. The van der Waals surface area contributed by atoms with Gasteiger partial charge in [0, 0.05) is 6.54 Å². The van der Waals surface area contributed by atoms with Crippen LogP contribution in [-0.2, 0) is 9.53 Å². The molecule has 0 aliphatic carbocycles.